The van der Waals surface area contributed by atoms with E-state index in [9.17, 15) is 9.59 Å². The van der Waals surface area contributed by atoms with Gasteiger partial charge in [0.1, 0.15) is 25.7 Å². The summed E-state index contributed by atoms with van der Waals surface area (Å²) in [6.07, 6.45) is 6.36. The van der Waals surface area contributed by atoms with Gasteiger partial charge < -0.3 is 27.1 Å². The van der Waals surface area contributed by atoms with Crippen molar-refractivity contribution in [3.63, 3.8) is 0 Å². The van der Waals surface area contributed by atoms with Crippen LogP contribution in [0.15, 0.2) is 39.8 Å². The van der Waals surface area contributed by atoms with Crippen LogP contribution in [0, 0.1) is 0 Å². The van der Waals surface area contributed by atoms with Gasteiger partial charge in [-0.05, 0) is 12.8 Å². The first-order valence-electron chi connectivity index (χ1n) is 7.04. The first-order chi connectivity index (χ1) is 10.7. The van der Waals surface area contributed by atoms with Crippen LogP contribution in [-0.4, -0.2) is 13.2 Å². The maximum Gasteiger partial charge on any atom is 0.518 e. The highest BCUT2D eigenvalue weighted by Gasteiger charge is 2.02. The molecule has 0 fully saturated rings. The molecule has 0 spiro atoms. The van der Waals surface area contributed by atoms with Gasteiger partial charge >= 0.3 is 11.6 Å². The molecule has 8 heteroatoms. The van der Waals surface area contributed by atoms with Crippen molar-refractivity contribution in [1.82, 2.24) is 0 Å². The lowest BCUT2D eigenvalue weighted by atomic mass is 10.2. The molecule has 0 saturated carbocycles. The first kappa shape index (κ1) is 16.3. The molecule has 2 rings (SSSR count). The van der Waals surface area contributed by atoms with E-state index in [1.807, 2.05) is 0 Å². The Morgan fingerprint density at radius 2 is 1.18 bits per heavy atom. The Morgan fingerprint density at radius 3 is 1.55 bits per heavy atom. The van der Waals surface area contributed by atoms with Gasteiger partial charge in [-0.25, -0.2) is 9.59 Å². The lowest BCUT2D eigenvalue weighted by Gasteiger charge is -2.03. The number of hydrogen-bond acceptors (Lipinski definition) is 8. The third-order valence-corrected chi connectivity index (χ3v) is 2.82. The maximum atomic E-state index is 10.6. The van der Waals surface area contributed by atoms with Gasteiger partial charge in [0, 0.05) is 13.2 Å². The molecule has 0 N–H and O–H groups in total. The minimum absolute atomic E-state index is 0.241. The zero-order valence-corrected chi connectivity index (χ0v) is 12.1. The SMILES string of the molecule is O=c1occ(COCCCCCCOCc2coc(=O)o2)o1. The molecule has 0 bridgehead atoms. The third kappa shape index (κ3) is 6.15. The lowest BCUT2D eigenvalue weighted by Crippen LogP contribution is -1.97. The van der Waals surface area contributed by atoms with Crippen LogP contribution in [0.2, 0.25) is 0 Å². The van der Waals surface area contributed by atoms with Crippen molar-refractivity contribution in [2.45, 2.75) is 38.9 Å². The molecule has 0 radical (unpaired) electrons. The van der Waals surface area contributed by atoms with Crippen molar-refractivity contribution in [3.05, 3.63) is 45.3 Å². The summed E-state index contributed by atoms with van der Waals surface area (Å²) in [5.74, 6) is -0.643. The minimum atomic E-state index is -0.715. The molecule has 0 atom stereocenters. The highest BCUT2D eigenvalue weighted by Crippen LogP contribution is 2.04. The zero-order chi connectivity index (χ0) is 15.6. The van der Waals surface area contributed by atoms with Gasteiger partial charge in [-0.2, -0.15) is 0 Å². The summed E-state index contributed by atoms with van der Waals surface area (Å²) in [6.45, 7) is 1.67. The van der Waals surface area contributed by atoms with E-state index in [2.05, 4.69) is 8.83 Å². The van der Waals surface area contributed by atoms with E-state index < -0.39 is 11.6 Å². The van der Waals surface area contributed by atoms with E-state index >= 15 is 0 Å². The maximum absolute atomic E-state index is 10.6. The van der Waals surface area contributed by atoms with Crippen molar-refractivity contribution >= 4 is 0 Å². The second-order valence-corrected chi connectivity index (χ2v) is 4.63. The standard InChI is InChI=1S/C14H18O8/c15-13-19-9-11(21-13)7-17-5-3-1-2-4-6-18-8-12-10-20-14(16)22-12/h9-10H,1-8H2. The van der Waals surface area contributed by atoms with E-state index in [1.54, 1.807) is 0 Å². The van der Waals surface area contributed by atoms with Crippen LogP contribution in [0.5, 0.6) is 0 Å². The highest BCUT2D eigenvalue weighted by atomic mass is 16.6. The molecule has 8 nitrogen and oxygen atoms in total. The van der Waals surface area contributed by atoms with Gasteiger partial charge in [-0.3, -0.25) is 0 Å². The first-order valence-corrected chi connectivity index (χ1v) is 7.04. The summed E-state index contributed by atoms with van der Waals surface area (Å²) >= 11 is 0. The van der Waals surface area contributed by atoms with Gasteiger partial charge in [0.25, 0.3) is 0 Å². The molecular formula is C14H18O8. The molecule has 122 valence electrons. The van der Waals surface area contributed by atoms with Crippen LogP contribution in [0.4, 0.5) is 0 Å². The van der Waals surface area contributed by atoms with E-state index in [0.29, 0.717) is 24.7 Å². The lowest BCUT2D eigenvalue weighted by molar-refractivity contribution is 0.0939. The fraction of sp³-hybridized carbons (Fsp3) is 0.571. The van der Waals surface area contributed by atoms with Crippen molar-refractivity contribution < 1.29 is 27.1 Å². The summed E-state index contributed by atoms with van der Waals surface area (Å²) in [7, 11) is 0. The summed E-state index contributed by atoms with van der Waals surface area (Å²) in [6, 6.07) is 0. The quantitative estimate of drug-likeness (QED) is 0.580. The molecule has 0 aliphatic heterocycles. The topological polar surface area (TPSA) is 105 Å². The number of rotatable bonds is 11. The zero-order valence-electron chi connectivity index (χ0n) is 12.1. The fourth-order valence-electron chi connectivity index (χ4n) is 1.77. The Labute approximate surface area is 125 Å². The number of ether oxygens (including phenoxy) is 2. The molecule has 22 heavy (non-hydrogen) atoms. The summed E-state index contributed by atoms with van der Waals surface area (Å²) in [5.41, 5.74) is 0. The van der Waals surface area contributed by atoms with Crippen molar-refractivity contribution in [2.24, 2.45) is 0 Å². The summed E-state index contributed by atoms with van der Waals surface area (Å²) in [4.78, 5) is 21.2. The van der Waals surface area contributed by atoms with Crippen LogP contribution < -0.4 is 11.6 Å². The minimum Gasteiger partial charge on any atom is -0.399 e. The Morgan fingerprint density at radius 1 is 0.727 bits per heavy atom. The molecule has 0 saturated heterocycles. The molecular weight excluding hydrogens is 296 g/mol. The van der Waals surface area contributed by atoms with Crippen molar-refractivity contribution in [2.75, 3.05) is 13.2 Å². The highest BCUT2D eigenvalue weighted by molar-refractivity contribution is 4.81. The molecule has 0 aromatic carbocycles. The molecule has 2 heterocycles. The van der Waals surface area contributed by atoms with E-state index in [4.69, 9.17) is 18.3 Å². The van der Waals surface area contributed by atoms with Crippen molar-refractivity contribution in [3.8, 4) is 0 Å². The third-order valence-electron chi connectivity index (χ3n) is 2.82. The van der Waals surface area contributed by atoms with Gasteiger partial charge in [0.05, 0.1) is 0 Å². The van der Waals surface area contributed by atoms with Crippen LogP contribution in [0.1, 0.15) is 37.2 Å². The average Bonchev–Trinajstić information content (AvgIpc) is 3.09. The molecule has 2 aromatic heterocycles. The predicted octanol–water partition coefficient (Wildman–Crippen LogP) is 2.07. The monoisotopic (exact) mass is 314 g/mol. The van der Waals surface area contributed by atoms with Gasteiger partial charge in [-0.15, -0.1) is 0 Å². The van der Waals surface area contributed by atoms with Crippen molar-refractivity contribution in [1.29, 1.82) is 0 Å². The Hall–Kier alpha value is -2.06. The van der Waals surface area contributed by atoms with Gasteiger partial charge in [0.15, 0.2) is 11.5 Å². The van der Waals surface area contributed by atoms with Gasteiger partial charge in [0.2, 0.25) is 0 Å². The van der Waals surface area contributed by atoms with Crippen LogP contribution in [0.25, 0.3) is 0 Å². The van der Waals surface area contributed by atoms with Crippen LogP contribution in [0.3, 0.4) is 0 Å². The molecule has 0 unspecified atom stereocenters. The molecule has 0 amide bonds. The smallest absolute Gasteiger partial charge is 0.399 e. The van der Waals surface area contributed by atoms with E-state index in [-0.39, 0.29) is 13.2 Å². The molecule has 0 aliphatic carbocycles. The number of unbranched alkanes of at least 4 members (excludes halogenated alkanes) is 3. The largest absolute Gasteiger partial charge is 0.518 e. The molecule has 2 aromatic rings. The average molecular weight is 314 g/mol. The molecule has 0 aliphatic rings. The van der Waals surface area contributed by atoms with Crippen LogP contribution in [-0.2, 0) is 22.7 Å². The Kier molecular flexibility index (Phi) is 6.72. The second-order valence-electron chi connectivity index (χ2n) is 4.63. The van der Waals surface area contributed by atoms with Gasteiger partial charge in [-0.1, -0.05) is 12.8 Å². The predicted molar refractivity (Wildman–Crippen MR) is 72.3 cm³/mol. The normalized spacial score (nSPS) is 11.1. The fourth-order valence-corrected chi connectivity index (χ4v) is 1.77. The summed E-state index contributed by atoms with van der Waals surface area (Å²) in [5, 5.41) is 0. The second kappa shape index (κ2) is 9.06. The number of hydrogen-bond donors (Lipinski definition) is 0. The van der Waals surface area contributed by atoms with E-state index in [0.717, 1.165) is 25.7 Å². The Balaban J connectivity index is 1.38. The Bertz CT molecular complexity index is 575. The van der Waals surface area contributed by atoms with Crippen LogP contribution >= 0.6 is 0 Å². The summed E-state index contributed by atoms with van der Waals surface area (Å²) < 4.78 is 29.1. The van der Waals surface area contributed by atoms with E-state index in [1.165, 1.54) is 12.5 Å².